The first-order valence-corrected chi connectivity index (χ1v) is 9.73. The summed E-state index contributed by atoms with van der Waals surface area (Å²) in [6, 6.07) is 5.65. The summed E-state index contributed by atoms with van der Waals surface area (Å²) in [4.78, 5) is 14.6. The molecule has 2 aliphatic rings. The smallest absolute Gasteiger partial charge is 0.230 e. The summed E-state index contributed by atoms with van der Waals surface area (Å²) in [6.07, 6.45) is 3.38. The van der Waals surface area contributed by atoms with Crippen LogP contribution in [0.2, 0.25) is 0 Å². The number of nitrogens with zero attached hydrogens (tertiary/aromatic N) is 1. The molecule has 4 rings (SSSR count). The third-order valence-electron chi connectivity index (χ3n) is 5.13. The molecule has 0 aromatic heterocycles. The van der Waals surface area contributed by atoms with Crippen molar-refractivity contribution in [1.29, 1.82) is 0 Å². The number of carbonyl (C=O) groups is 1. The van der Waals surface area contributed by atoms with E-state index in [0.717, 1.165) is 42.6 Å². The molecule has 1 amide bonds. The minimum absolute atomic E-state index is 0.00786. The van der Waals surface area contributed by atoms with Crippen LogP contribution in [0, 0.1) is 17.6 Å². The van der Waals surface area contributed by atoms with Gasteiger partial charge in [0.2, 0.25) is 5.91 Å². The summed E-state index contributed by atoms with van der Waals surface area (Å²) in [5.74, 6) is -1.28. The Bertz CT molecular complexity index is 931. The van der Waals surface area contributed by atoms with Gasteiger partial charge in [-0.25, -0.2) is 8.78 Å². The maximum absolute atomic E-state index is 13.6. The highest BCUT2D eigenvalue weighted by Gasteiger charge is 2.39. The summed E-state index contributed by atoms with van der Waals surface area (Å²) in [7, 11) is 0. The van der Waals surface area contributed by atoms with Crippen molar-refractivity contribution in [3.8, 4) is 11.5 Å². The Morgan fingerprint density at radius 3 is 2.63 bits per heavy atom. The summed E-state index contributed by atoms with van der Waals surface area (Å²) in [6.45, 7) is 2.04. The van der Waals surface area contributed by atoms with Gasteiger partial charge in [0.05, 0.1) is 15.8 Å². The average Bonchev–Trinajstić information content (AvgIpc) is 3.46. The number of hydrogen-bond donors (Lipinski definition) is 1. The SMILES string of the molecule is C[C@H]1CCc2c(ccc(Br)c2Oc2cc(F)c(F)cc2N)N1C(=O)C1CC1. The van der Waals surface area contributed by atoms with Gasteiger partial charge in [-0.1, -0.05) is 0 Å². The van der Waals surface area contributed by atoms with Gasteiger partial charge in [0.25, 0.3) is 0 Å². The molecule has 2 aromatic rings. The van der Waals surface area contributed by atoms with Gasteiger partial charge in [-0.2, -0.15) is 0 Å². The van der Waals surface area contributed by atoms with Crippen LogP contribution in [0.15, 0.2) is 28.7 Å². The summed E-state index contributed by atoms with van der Waals surface area (Å²) in [5.41, 5.74) is 7.48. The molecule has 1 aliphatic carbocycles. The molecule has 1 aliphatic heterocycles. The van der Waals surface area contributed by atoms with Crippen LogP contribution in [-0.2, 0) is 11.2 Å². The van der Waals surface area contributed by atoms with E-state index >= 15 is 0 Å². The fourth-order valence-electron chi connectivity index (χ4n) is 3.49. The van der Waals surface area contributed by atoms with E-state index in [1.165, 1.54) is 0 Å². The number of rotatable bonds is 3. The van der Waals surface area contributed by atoms with E-state index in [2.05, 4.69) is 15.9 Å². The molecule has 1 heterocycles. The van der Waals surface area contributed by atoms with E-state index < -0.39 is 11.6 Å². The van der Waals surface area contributed by atoms with Gasteiger partial charge in [-0.05, 0) is 60.7 Å². The molecule has 0 radical (unpaired) electrons. The molecule has 1 fully saturated rings. The van der Waals surface area contributed by atoms with E-state index in [4.69, 9.17) is 10.5 Å². The standard InChI is InChI=1S/C20H19BrF2N2O2/c1-10-2-5-12-17(25(10)20(26)11-3-4-11)7-6-13(21)19(12)27-18-9-15(23)14(22)8-16(18)24/h6-11H,2-5,24H2,1H3/t10-/m0/s1. The van der Waals surface area contributed by atoms with E-state index in [9.17, 15) is 13.6 Å². The molecule has 0 bridgehead atoms. The van der Waals surface area contributed by atoms with Crippen molar-refractivity contribution in [3.63, 3.8) is 0 Å². The maximum Gasteiger partial charge on any atom is 0.230 e. The molecule has 1 saturated carbocycles. The predicted octanol–water partition coefficient (Wildman–Crippen LogP) is 5.18. The van der Waals surface area contributed by atoms with Gasteiger partial charge in [0.1, 0.15) is 5.75 Å². The average molecular weight is 437 g/mol. The number of anilines is 2. The minimum atomic E-state index is -1.03. The number of nitrogens with two attached hydrogens (primary N) is 1. The lowest BCUT2D eigenvalue weighted by Gasteiger charge is -2.36. The number of benzene rings is 2. The number of hydrogen-bond acceptors (Lipinski definition) is 3. The Morgan fingerprint density at radius 1 is 1.22 bits per heavy atom. The third kappa shape index (κ3) is 3.29. The number of carbonyl (C=O) groups excluding carboxylic acids is 1. The molecule has 0 saturated heterocycles. The molecule has 0 spiro atoms. The lowest BCUT2D eigenvalue weighted by molar-refractivity contribution is -0.120. The lowest BCUT2D eigenvalue weighted by atomic mass is 9.95. The van der Waals surface area contributed by atoms with Crippen molar-refractivity contribution >= 4 is 33.2 Å². The van der Waals surface area contributed by atoms with Gasteiger partial charge in [-0.3, -0.25) is 4.79 Å². The molecule has 2 N–H and O–H groups in total. The van der Waals surface area contributed by atoms with Crippen molar-refractivity contribution in [1.82, 2.24) is 0 Å². The maximum atomic E-state index is 13.6. The zero-order valence-electron chi connectivity index (χ0n) is 14.8. The number of ether oxygens (including phenoxy) is 1. The van der Waals surface area contributed by atoms with Gasteiger partial charge < -0.3 is 15.4 Å². The number of halogens is 3. The van der Waals surface area contributed by atoms with E-state index in [0.29, 0.717) is 16.6 Å². The van der Waals surface area contributed by atoms with Gasteiger partial charge >= 0.3 is 0 Å². The lowest BCUT2D eigenvalue weighted by Crippen LogP contribution is -2.43. The van der Waals surface area contributed by atoms with Crippen molar-refractivity contribution < 1.29 is 18.3 Å². The van der Waals surface area contributed by atoms with Gasteiger partial charge in [-0.15, -0.1) is 0 Å². The van der Waals surface area contributed by atoms with Crippen molar-refractivity contribution in [2.24, 2.45) is 5.92 Å². The number of amides is 1. The second-order valence-corrected chi connectivity index (χ2v) is 8.00. The summed E-state index contributed by atoms with van der Waals surface area (Å²) in [5, 5.41) is 0. The summed E-state index contributed by atoms with van der Waals surface area (Å²) >= 11 is 3.47. The fraction of sp³-hybridized carbons (Fsp3) is 0.350. The van der Waals surface area contributed by atoms with Crippen molar-refractivity contribution in [3.05, 3.63) is 45.9 Å². The highest BCUT2D eigenvalue weighted by molar-refractivity contribution is 9.10. The Kier molecular flexibility index (Phi) is 4.58. The van der Waals surface area contributed by atoms with Crippen LogP contribution >= 0.6 is 15.9 Å². The Morgan fingerprint density at radius 2 is 1.93 bits per heavy atom. The van der Waals surface area contributed by atoms with Crippen LogP contribution in [0.3, 0.4) is 0 Å². The van der Waals surface area contributed by atoms with Gasteiger partial charge in [0.15, 0.2) is 17.4 Å². The van der Waals surface area contributed by atoms with Crippen LogP contribution in [0.1, 0.15) is 31.7 Å². The molecule has 142 valence electrons. The highest BCUT2D eigenvalue weighted by Crippen LogP contribution is 2.45. The molecule has 4 nitrogen and oxygen atoms in total. The second-order valence-electron chi connectivity index (χ2n) is 7.15. The van der Waals surface area contributed by atoms with Crippen LogP contribution in [-0.4, -0.2) is 11.9 Å². The molecular weight excluding hydrogens is 418 g/mol. The molecule has 0 unspecified atom stereocenters. The zero-order valence-corrected chi connectivity index (χ0v) is 16.4. The van der Waals surface area contributed by atoms with Crippen LogP contribution in [0.4, 0.5) is 20.2 Å². The van der Waals surface area contributed by atoms with Gasteiger partial charge in [0, 0.05) is 29.7 Å². The third-order valence-corrected chi connectivity index (χ3v) is 5.75. The van der Waals surface area contributed by atoms with Crippen LogP contribution in [0.25, 0.3) is 0 Å². The normalized spacial score (nSPS) is 19.0. The van der Waals surface area contributed by atoms with Crippen LogP contribution < -0.4 is 15.4 Å². The Balaban J connectivity index is 1.77. The minimum Gasteiger partial charge on any atom is -0.454 e. The Labute approximate surface area is 164 Å². The van der Waals surface area contributed by atoms with Crippen LogP contribution in [0.5, 0.6) is 11.5 Å². The molecule has 27 heavy (non-hydrogen) atoms. The monoisotopic (exact) mass is 436 g/mol. The van der Waals surface area contributed by atoms with E-state index in [1.807, 2.05) is 17.9 Å². The van der Waals surface area contributed by atoms with E-state index in [-0.39, 0.29) is 29.3 Å². The van der Waals surface area contributed by atoms with E-state index in [1.54, 1.807) is 6.07 Å². The number of fused-ring (bicyclic) bond motifs is 1. The topological polar surface area (TPSA) is 55.6 Å². The molecular formula is C20H19BrF2N2O2. The first kappa shape index (κ1) is 18.2. The largest absolute Gasteiger partial charge is 0.454 e. The highest BCUT2D eigenvalue weighted by atomic mass is 79.9. The predicted molar refractivity (Wildman–Crippen MR) is 103 cm³/mol. The molecule has 1 atom stereocenters. The Hall–Kier alpha value is -2.15. The zero-order chi connectivity index (χ0) is 19.3. The summed E-state index contributed by atoms with van der Waals surface area (Å²) < 4.78 is 33.6. The van der Waals surface area contributed by atoms with Crippen molar-refractivity contribution in [2.75, 3.05) is 10.6 Å². The molecule has 7 heteroatoms. The second kappa shape index (κ2) is 6.78. The first-order valence-electron chi connectivity index (χ1n) is 8.93. The first-order chi connectivity index (χ1) is 12.9. The number of nitrogen functional groups attached to an aromatic ring is 1. The quantitative estimate of drug-likeness (QED) is 0.674. The fourth-order valence-corrected chi connectivity index (χ4v) is 3.94. The molecule has 2 aromatic carbocycles. The van der Waals surface area contributed by atoms with Crippen molar-refractivity contribution in [2.45, 2.75) is 38.6 Å².